The van der Waals surface area contributed by atoms with E-state index >= 15 is 0 Å². The fraction of sp³-hybridized carbons (Fsp3) is 0.615. The molecule has 2 unspecified atom stereocenters. The van der Waals surface area contributed by atoms with E-state index in [0.717, 1.165) is 12.0 Å². The summed E-state index contributed by atoms with van der Waals surface area (Å²) in [5, 5.41) is 15.1. The Balaban J connectivity index is 3.26. The molecule has 0 saturated carbocycles. The summed E-state index contributed by atoms with van der Waals surface area (Å²) in [6, 6.07) is 4.83. The van der Waals surface area contributed by atoms with Gasteiger partial charge in [0.15, 0.2) is 0 Å². The molecule has 0 saturated heterocycles. The molecule has 0 radical (unpaired) electrons. The van der Waals surface area contributed by atoms with Crippen molar-refractivity contribution in [3.8, 4) is 0 Å². The van der Waals surface area contributed by atoms with Crippen LogP contribution in [0.3, 0.4) is 0 Å². The summed E-state index contributed by atoms with van der Waals surface area (Å²) in [5.41, 5.74) is 0.747. The molecule has 3 N–H and O–H groups in total. The number of benzene rings is 1. The standard InChI is InChI=1S/C26H41N3O7/c1-7-9-16-29(24(33)20(17-30)28-25(34)36-26(4,5)6)22(19-12-10-18(3)11-13-19)23(32)27-15-14-21(31)35-8-2/h10-13,20,22,30H,7-9,14-17H2,1-6H3,(H,27,32)(H,28,34). The van der Waals surface area contributed by atoms with Gasteiger partial charge in [-0.1, -0.05) is 43.2 Å². The molecule has 1 rings (SSSR count). The van der Waals surface area contributed by atoms with Crippen molar-refractivity contribution in [3.63, 3.8) is 0 Å². The third-order valence-electron chi connectivity index (χ3n) is 5.09. The lowest BCUT2D eigenvalue weighted by Gasteiger charge is -2.34. The highest BCUT2D eigenvalue weighted by Gasteiger charge is 2.35. The molecule has 0 aliphatic heterocycles. The van der Waals surface area contributed by atoms with Crippen molar-refractivity contribution in [2.24, 2.45) is 0 Å². The van der Waals surface area contributed by atoms with E-state index < -0.39 is 48.2 Å². The van der Waals surface area contributed by atoms with Crippen LogP contribution in [0.5, 0.6) is 0 Å². The van der Waals surface area contributed by atoms with Crippen molar-refractivity contribution >= 4 is 23.9 Å². The van der Waals surface area contributed by atoms with Gasteiger partial charge in [-0.15, -0.1) is 0 Å². The highest BCUT2D eigenvalue weighted by molar-refractivity contribution is 5.92. The van der Waals surface area contributed by atoms with Crippen molar-refractivity contribution in [2.75, 3.05) is 26.3 Å². The van der Waals surface area contributed by atoms with Crippen LogP contribution in [0.15, 0.2) is 24.3 Å². The van der Waals surface area contributed by atoms with Crippen LogP contribution < -0.4 is 10.6 Å². The molecule has 36 heavy (non-hydrogen) atoms. The minimum absolute atomic E-state index is 0.0113. The maximum atomic E-state index is 13.6. The second-order valence-corrected chi connectivity index (χ2v) is 9.43. The van der Waals surface area contributed by atoms with Gasteiger partial charge >= 0.3 is 12.1 Å². The van der Waals surface area contributed by atoms with Gasteiger partial charge in [-0.25, -0.2) is 4.79 Å². The Bertz CT molecular complexity index is 865. The van der Waals surface area contributed by atoms with Gasteiger partial charge in [-0.05, 0) is 46.6 Å². The number of amides is 3. The fourth-order valence-electron chi connectivity index (χ4n) is 3.37. The molecular weight excluding hydrogens is 466 g/mol. The molecule has 0 aromatic heterocycles. The molecule has 0 spiro atoms. The van der Waals surface area contributed by atoms with E-state index in [0.29, 0.717) is 12.0 Å². The number of hydrogen-bond acceptors (Lipinski definition) is 7. The first-order valence-electron chi connectivity index (χ1n) is 12.3. The highest BCUT2D eigenvalue weighted by Crippen LogP contribution is 2.24. The van der Waals surface area contributed by atoms with Crippen LogP contribution in [0, 0.1) is 6.92 Å². The fourth-order valence-corrected chi connectivity index (χ4v) is 3.37. The molecule has 0 aliphatic carbocycles. The molecule has 0 fully saturated rings. The van der Waals surface area contributed by atoms with Crippen molar-refractivity contribution in [2.45, 2.75) is 78.5 Å². The van der Waals surface area contributed by atoms with E-state index in [2.05, 4.69) is 10.6 Å². The number of carbonyl (C=O) groups excluding carboxylic acids is 4. The number of esters is 1. The molecule has 1 aromatic carbocycles. The third kappa shape index (κ3) is 10.6. The molecule has 0 heterocycles. The second kappa shape index (κ2) is 15.1. The van der Waals surface area contributed by atoms with Crippen LogP contribution in [-0.4, -0.2) is 71.8 Å². The zero-order valence-electron chi connectivity index (χ0n) is 22.3. The molecule has 0 bridgehead atoms. The minimum Gasteiger partial charge on any atom is -0.466 e. The highest BCUT2D eigenvalue weighted by atomic mass is 16.6. The van der Waals surface area contributed by atoms with Gasteiger partial charge in [0.25, 0.3) is 0 Å². The maximum Gasteiger partial charge on any atom is 0.408 e. The Kier molecular flexibility index (Phi) is 12.9. The van der Waals surface area contributed by atoms with Gasteiger partial charge < -0.3 is 30.1 Å². The second-order valence-electron chi connectivity index (χ2n) is 9.43. The van der Waals surface area contributed by atoms with E-state index in [1.807, 2.05) is 26.0 Å². The van der Waals surface area contributed by atoms with Crippen LogP contribution in [0.1, 0.15) is 71.0 Å². The summed E-state index contributed by atoms with van der Waals surface area (Å²) in [6.07, 6.45) is 0.478. The third-order valence-corrected chi connectivity index (χ3v) is 5.09. The molecule has 3 amide bonds. The van der Waals surface area contributed by atoms with E-state index in [1.165, 1.54) is 4.90 Å². The predicted molar refractivity (Wildman–Crippen MR) is 135 cm³/mol. The largest absolute Gasteiger partial charge is 0.466 e. The van der Waals surface area contributed by atoms with Crippen molar-refractivity contribution < 1.29 is 33.8 Å². The molecular formula is C26H41N3O7. The number of nitrogens with one attached hydrogen (secondary N) is 2. The Hall–Kier alpha value is -3.14. The molecule has 10 nitrogen and oxygen atoms in total. The van der Waals surface area contributed by atoms with Gasteiger partial charge in [0.1, 0.15) is 17.7 Å². The van der Waals surface area contributed by atoms with Crippen LogP contribution in [0.4, 0.5) is 4.79 Å². The predicted octanol–water partition coefficient (Wildman–Crippen LogP) is 2.62. The molecule has 1 aromatic rings. The monoisotopic (exact) mass is 507 g/mol. The van der Waals surface area contributed by atoms with E-state index in [9.17, 15) is 24.3 Å². The summed E-state index contributed by atoms with van der Waals surface area (Å²) < 4.78 is 10.1. The topological polar surface area (TPSA) is 134 Å². The van der Waals surface area contributed by atoms with Gasteiger partial charge in [0, 0.05) is 13.1 Å². The van der Waals surface area contributed by atoms with Crippen molar-refractivity contribution in [3.05, 3.63) is 35.4 Å². The molecule has 0 aliphatic rings. The SMILES string of the molecule is CCCCN(C(=O)C(CO)NC(=O)OC(C)(C)C)C(C(=O)NCCC(=O)OCC)c1ccc(C)cc1. The number of aliphatic hydroxyl groups excluding tert-OH is 1. The number of nitrogens with zero attached hydrogens (tertiary/aromatic N) is 1. The number of carbonyl (C=O) groups is 4. The van der Waals surface area contributed by atoms with E-state index in [1.54, 1.807) is 39.8 Å². The number of hydrogen-bond donors (Lipinski definition) is 3. The normalized spacial score (nSPS) is 12.8. The number of alkyl carbamates (subject to hydrolysis) is 1. The van der Waals surface area contributed by atoms with Crippen LogP contribution >= 0.6 is 0 Å². The Morgan fingerprint density at radius 2 is 1.72 bits per heavy atom. The summed E-state index contributed by atoms with van der Waals surface area (Å²) in [7, 11) is 0. The lowest BCUT2D eigenvalue weighted by Crippen LogP contribution is -2.54. The Morgan fingerprint density at radius 3 is 2.25 bits per heavy atom. The first-order valence-corrected chi connectivity index (χ1v) is 12.3. The first-order chi connectivity index (χ1) is 16.9. The number of aryl methyl sites for hydroxylation is 1. The van der Waals surface area contributed by atoms with Crippen LogP contribution in [-0.2, 0) is 23.9 Å². The van der Waals surface area contributed by atoms with Gasteiger partial charge in [0.05, 0.1) is 19.6 Å². The quantitative estimate of drug-likeness (QED) is 0.349. The lowest BCUT2D eigenvalue weighted by atomic mass is 10.0. The van der Waals surface area contributed by atoms with Crippen LogP contribution in [0.2, 0.25) is 0 Å². The van der Waals surface area contributed by atoms with Crippen LogP contribution in [0.25, 0.3) is 0 Å². The maximum absolute atomic E-state index is 13.6. The van der Waals surface area contributed by atoms with Gasteiger partial charge in [0.2, 0.25) is 11.8 Å². The minimum atomic E-state index is -1.31. The average Bonchev–Trinajstić information content (AvgIpc) is 2.79. The smallest absolute Gasteiger partial charge is 0.408 e. The summed E-state index contributed by atoms with van der Waals surface area (Å²) >= 11 is 0. The first kappa shape index (κ1) is 30.9. The lowest BCUT2D eigenvalue weighted by molar-refractivity contribution is -0.144. The summed E-state index contributed by atoms with van der Waals surface area (Å²) in [4.78, 5) is 52.3. The van der Waals surface area contributed by atoms with Crippen molar-refractivity contribution in [1.29, 1.82) is 0 Å². The van der Waals surface area contributed by atoms with E-state index in [-0.39, 0.29) is 26.1 Å². The van der Waals surface area contributed by atoms with E-state index in [4.69, 9.17) is 9.47 Å². The van der Waals surface area contributed by atoms with Crippen molar-refractivity contribution in [1.82, 2.24) is 15.5 Å². The number of aliphatic hydroxyl groups is 1. The zero-order valence-corrected chi connectivity index (χ0v) is 22.3. The van der Waals surface area contributed by atoms with Gasteiger partial charge in [-0.2, -0.15) is 0 Å². The summed E-state index contributed by atoms with van der Waals surface area (Å²) in [6.45, 7) is 10.4. The number of unbranched alkanes of at least 4 members (excludes halogenated alkanes) is 1. The Morgan fingerprint density at radius 1 is 1.08 bits per heavy atom. The van der Waals surface area contributed by atoms with Gasteiger partial charge in [-0.3, -0.25) is 14.4 Å². The summed E-state index contributed by atoms with van der Waals surface area (Å²) in [5.74, 6) is -1.55. The Labute approximate surface area is 213 Å². The number of rotatable bonds is 13. The number of ether oxygens (including phenoxy) is 2. The average molecular weight is 508 g/mol. The molecule has 202 valence electrons. The molecule has 10 heteroatoms. The zero-order chi connectivity index (χ0) is 27.3. The molecule has 2 atom stereocenters.